The van der Waals surface area contributed by atoms with Gasteiger partial charge in [0.15, 0.2) is 0 Å². The number of phenolic OH excluding ortho intramolecular Hbond substituents is 1. The standard InChI is InChI=1S/C36H35NO6/c1-40-29-12-6-9-24(16-29)26-21-36(27-10-7-13-30(19-27)41-2)33(18-25-17-31(42-3)20-32(43-4)35(25)36)37(22-26)34(39)15-23-8-5-11-28(38)14-23/h5-14,16-17,19-21,33,38H,15,18,22H2,1-4H3/t33-,36+/m0/s1. The number of benzene rings is 4. The molecule has 7 nitrogen and oxygen atoms in total. The zero-order valence-corrected chi connectivity index (χ0v) is 24.8. The van der Waals surface area contributed by atoms with Crippen LogP contribution in [0.2, 0.25) is 0 Å². The lowest BCUT2D eigenvalue weighted by atomic mass is 9.68. The number of methoxy groups -OCH3 is 4. The van der Waals surface area contributed by atoms with Crippen molar-refractivity contribution in [1.82, 2.24) is 4.90 Å². The van der Waals surface area contributed by atoms with Crippen molar-refractivity contribution in [2.45, 2.75) is 24.3 Å². The molecule has 0 fully saturated rings. The van der Waals surface area contributed by atoms with Crippen LogP contribution in [0.15, 0.2) is 91.0 Å². The van der Waals surface area contributed by atoms with E-state index in [9.17, 15) is 9.90 Å². The van der Waals surface area contributed by atoms with Gasteiger partial charge in [0, 0.05) is 18.2 Å². The lowest BCUT2D eigenvalue weighted by molar-refractivity contribution is -0.133. The molecule has 4 aromatic carbocycles. The fraction of sp³-hybridized carbons (Fsp3) is 0.250. The number of amides is 1. The van der Waals surface area contributed by atoms with Crippen molar-refractivity contribution in [3.63, 3.8) is 0 Å². The Bertz CT molecular complexity index is 1710. The summed E-state index contributed by atoms with van der Waals surface area (Å²) in [6, 6.07) is 26.6. The molecule has 2 aliphatic rings. The van der Waals surface area contributed by atoms with E-state index in [-0.39, 0.29) is 24.1 Å². The normalized spacial score (nSPS) is 18.7. The molecule has 0 saturated carbocycles. The Labute approximate surface area is 251 Å². The van der Waals surface area contributed by atoms with E-state index in [1.165, 1.54) is 0 Å². The maximum absolute atomic E-state index is 14.4. The van der Waals surface area contributed by atoms with Crippen LogP contribution in [0.5, 0.6) is 28.7 Å². The van der Waals surface area contributed by atoms with Crippen molar-refractivity contribution in [2.24, 2.45) is 0 Å². The topological polar surface area (TPSA) is 77.5 Å². The molecule has 43 heavy (non-hydrogen) atoms. The van der Waals surface area contributed by atoms with Crippen LogP contribution in [0.1, 0.15) is 27.8 Å². The molecule has 0 saturated heterocycles. The van der Waals surface area contributed by atoms with Gasteiger partial charge in [-0.3, -0.25) is 4.79 Å². The molecule has 1 heterocycles. The molecule has 6 rings (SSSR count). The Morgan fingerprint density at radius 2 is 1.56 bits per heavy atom. The number of nitrogens with zero attached hydrogens (tertiary/aromatic N) is 1. The van der Waals surface area contributed by atoms with Crippen molar-refractivity contribution >= 4 is 11.5 Å². The van der Waals surface area contributed by atoms with E-state index in [1.54, 1.807) is 46.6 Å². The molecule has 0 bridgehead atoms. The van der Waals surface area contributed by atoms with E-state index >= 15 is 0 Å². The Balaban J connectivity index is 1.62. The molecule has 2 atom stereocenters. The fourth-order valence-corrected chi connectivity index (χ4v) is 6.73. The molecule has 0 spiro atoms. The summed E-state index contributed by atoms with van der Waals surface area (Å²) in [6.07, 6.45) is 3.06. The maximum Gasteiger partial charge on any atom is 0.227 e. The summed E-state index contributed by atoms with van der Waals surface area (Å²) in [4.78, 5) is 16.3. The molecule has 220 valence electrons. The minimum Gasteiger partial charge on any atom is -0.508 e. The Hall–Kier alpha value is -4.91. The first-order valence-corrected chi connectivity index (χ1v) is 14.2. The van der Waals surface area contributed by atoms with Crippen molar-refractivity contribution in [1.29, 1.82) is 0 Å². The van der Waals surface area contributed by atoms with Gasteiger partial charge in [-0.2, -0.15) is 0 Å². The SMILES string of the molecule is COc1cccc(C2=C[C@]3(c4cccc(OC)c4)c4c(cc(OC)cc4OC)C[C@@H]3N(C(=O)Cc3cccc(O)c3)C2)c1. The average Bonchev–Trinajstić information content (AvgIpc) is 3.39. The van der Waals surface area contributed by atoms with Gasteiger partial charge in [0.2, 0.25) is 5.91 Å². The molecule has 7 heteroatoms. The number of fused-ring (bicyclic) bond motifs is 3. The lowest BCUT2D eigenvalue weighted by Crippen LogP contribution is -2.54. The van der Waals surface area contributed by atoms with Crippen LogP contribution in [-0.4, -0.2) is 56.9 Å². The Kier molecular flexibility index (Phi) is 7.48. The van der Waals surface area contributed by atoms with Gasteiger partial charge in [-0.15, -0.1) is 0 Å². The molecule has 1 amide bonds. The fourth-order valence-electron chi connectivity index (χ4n) is 6.73. The second kappa shape index (κ2) is 11.4. The van der Waals surface area contributed by atoms with E-state index in [0.717, 1.165) is 44.9 Å². The highest BCUT2D eigenvalue weighted by molar-refractivity contribution is 5.86. The molecule has 1 aliphatic carbocycles. The number of ether oxygens (including phenoxy) is 4. The number of hydrogen-bond donors (Lipinski definition) is 1. The van der Waals surface area contributed by atoms with Crippen molar-refractivity contribution < 1.29 is 28.8 Å². The van der Waals surface area contributed by atoms with Crippen LogP contribution < -0.4 is 18.9 Å². The summed E-state index contributed by atoms with van der Waals surface area (Å²) < 4.78 is 23.0. The molecular weight excluding hydrogens is 542 g/mol. The van der Waals surface area contributed by atoms with Gasteiger partial charge in [0.1, 0.15) is 28.7 Å². The first-order valence-electron chi connectivity index (χ1n) is 14.2. The van der Waals surface area contributed by atoms with Crippen molar-refractivity contribution in [2.75, 3.05) is 35.0 Å². The highest BCUT2D eigenvalue weighted by Crippen LogP contribution is 2.55. The van der Waals surface area contributed by atoms with Gasteiger partial charge in [-0.25, -0.2) is 0 Å². The zero-order valence-electron chi connectivity index (χ0n) is 24.8. The number of carbonyl (C=O) groups excluding carboxylic acids is 1. The second-order valence-corrected chi connectivity index (χ2v) is 11.0. The van der Waals surface area contributed by atoms with E-state index < -0.39 is 5.41 Å². The van der Waals surface area contributed by atoms with Crippen LogP contribution in [0.4, 0.5) is 0 Å². The minimum atomic E-state index is -0.757. The quantitative estimate of drug-likeness (QED) is 0.285. The van der Waals surface area contributed by atoms with Gasteiger partial charge in [0.25, 0.3) is 0 Å². The first kappa shape index (κ1) is 28.2. The molecular formula is C36H35NO6. The third kappa shape index (κ3) is 4.95. The number of aromatic hydroxyl groups is 1. The summed E-state index contributed by atoms with van der Waals surface area (Å²) in [6.45, 7) is 0.411. The van der Waals surface area contributed by atoms with Crippen molar-refractivity contribution in [3.8, 4) is 28.7 Å². The predicted molar refractivity (Wildman–Crippen MR) is 165 cm³/mol. The minimum absolute atomic E-state index is 0.0323. The number of phenols is 1. The summed E-state index contributed by atoms with van der Waals surface area (Å²) in [5.41, 5.74) is 5.02. The third-order valence-electron chi connectivity index (χ3n) is 8.66. The van der Waals surface area contributed by atoms with Gasteiger partial charge >= 0.3 is 0 Å². The highest BCUT2D eigenvalue weighted by Gasteiger charge is 2.54. The van der Waals surface area contributed by atoms with Crippen molar-refractivity contribution in [3.05, 3.63) is 119 Å². The van der Waals surface area contributed by atoms with Crippen LogP contribution >= 0.6 is 0 Å². The molecule has 1 N–H and O–H groups in total. The van der Waals surface area contributed by atoms with Crippen LogP contribution in [-0.2, 0) is 23.1 Å². The number of rotatable bonds is 8. The molecule has 0 radical (unpaired) electrons. The number of hydrogen-bond acceptors (Lipinski definition) is 6. The molecule has 4 aromatic rings. The van der Waals surface area contributed by atoms with Gasteiger partial charge < -0.3 is 29.0 Å². The largest absolute Gasteiger partial charge is 0.508 e. The monoisotopic (exact) mass is 577 g/mol. The van der Waals surface area contributed by atoms with Gasteiger partial charge in [-0.05, 0) is 76.7 Å². The van der Waals surface area contributed by atoms with E-state index in [2.05, 4.69) is 24.3 Å². The van der Waals surface area contributed by atoms with E-state index in [1.807, 2.05) is 53.4 Å². The second-order valence-electron chi connectivity index (χ2n) is 11.0. The summed E-state index contributed by atoms with van der Waals surface area (Å²) >= 11 is 0. The van der Waals surface area contributed by atoms with Gasteiger partial charge in [-0.1, -0.05) is 42.5 Å². The lowest BCUT2D eigenvalue weighted by Gasteiger charge is -2.46. The first-order chi connectivity index (χ1) is 20.9. The van der Waals surface area contributed by atoms with Crippen LogP contribution in [0, 0.1) is 0 Å². The third-order valence-corrected chi connectivity index (χ3v) is 8.66. The summed E-state index contributed by atoms with van der Waals surface area (Å²) in [5.74, 6) is 2.97. The maximum atomic E-state index is 14.4. The smallest absolute Gasteiger partial charge is 0.227 e. The van der Waals surface area contributed by atoms with Gasteiger partial charge in [0.05, 0.1) is 46.3 Å². The molecule has 0 unspecified atom stereocenters. The number of carbonyl (C=O) groups is 1. The van der Waals surface area contributed by atoms with Crippen LogP contribution in [0.3, 0.4) is 0 Å². The highest BCUT2D eigenvalue weighted by atomic mass is 16.5. The van der Waals surface area contributed by atoms with E-state index in [4.69, 9.17) is 18.9 Å². The van der Waals surface area contributed by atoms with Crippen LogP contribution in [0.25, 0.3) is 5.57 Å². The average molecular weight is 578 g/mol. The Morgan fingerprint density at radius 1 is 0.837 bits per heavy atom. The summed E-state index contributed by atoms with van der Waals surface area (Å²) in [5, 5.41) is 10.1. The molecule has 0 aromatic heterocycles. The molecule has 1 aliphatic heterocycles. The Morgan fingerprint density at radius 3 is 2.28 bits per heavy atom. The predicted octanol–water partition coefficient (Wildman–Crippen LogP) is 5.81. The zero-order chi connectivity index (χ0) is 30.1. The van der Waals surface area contributed by atoms with E-state index in [0.29, 0.717) is 24.5 Å². The summed E-state index contributed by atoms with van der Waals surface area (Å²) in [7, 11) is 6.62.